The summed E-state index contributed by atoms with van der Waals surface area (Å²) in [6.07, 6.45) is 0. The van der Waals surface area contributed by atoms with Gasteiger partial charge in [0.05, 0.1) is 0 Å². The Hall–Kier alpha value is -1.55. The zero-order chi connectivity index (χ0) is 10.1. The van der Waals surface area contributed by atoms with Crippen LogP contribution in [0, 0.1) is 6.92 Å². The molecule has 0 bridgehead atoms. The third-order valence-electron chi connectivity index (χ3n) is 1.86. The van der Waals surface area contributed by atoms with Gasteiger partial charge in [0.25, 0.3) is 0 Å². The van der Waals surface area contributed by atoms with E-state index < -0.39 is 0 Å². The molecule has 0 amide bonds. The van der Waals surface area contributed by atoms with Gasteiger partial charge >= 0.3 is 6.01 Å². The van der Waals surface area contributed by atoms with Crippen LogP contribution in [0.25, 0.3) is 11.5 Å². The van der Waals surface area contributed by atoms with Gasteiger partial charge in [-0.15, -0.1) is 5.10 Å². The van der Waals surface area contributed by atoms with E-state index in [9.17, 15) is 0 Å². The third kappa shape index (κ3) is 1.56. The second-order valence-electron chi connectivity index (χ2n) is 2.91. The fourth-order valence-electron chi connectivity index (χ4n) is 1.08. The van der Waals surface area contributed by atoms with Gasteiger partial charge in [-0.2, -0.15) is 0 Å². The molecule has 1 heterocycles. The topological polar surface area (TPSA) is 64.9 Å². The van der Waals surface area contributed by atoms with Crippen molar-refractivity contribution in [3.05, 3.63) is 28.8 Å². The molecule has 0 atom stereocenters. The molecule has 0 aliphatic carbocycles. The molecule has 5 heteroatoms. The highest BCUT2D eigenvalue weighted by atomic mass is 35.5. The Labute approximate surface area is 85.7 Å². The maximum absolute atomic E-state index is 5.95. The minimum absolute atomic E-state index is 0.0525. The lowest BCUT2D eigenvalue weighted by Crippen LogP contribution is -1.81. The quantitative estimate of drug-likeness (QED) is 0.783. The highest BCUT2D eigenvalue weighted by Gasteiger charge is 2.07. The lowest BCUT2D eigenvalue weighted by Gasteiger charge is -1.98. The number of hydrogen-bond acceptors (Lipinski definition) is 4. The molecule has 0 saturated carbocycles. The summed E-state index contributed by atoms with van der Waals surface area (Å²) in [4.78, 5) is 0. The van der Waals surface area contributed by atoms with Gasteiger partial charge < -0.3 is 10.2 Å². The van der Waals surface area contributed by atoms with Crippen molar-refractivity contribution >= 4 is 17.6 Å². The summed E-state index contributed by atoms with van der Waals surface area (Å²) < 4.78 is 5.06. The first-order chi connectivity index (χ1) is 6.66. The molecule has 0 radical (unpaired) electrons. The molecule has 0 spiro atoms. The Morgan fingerprint density at radius 1 is 1.36 bits per heavy atom. The number of aromatic nitrogens is 2. The first-order valence-electron chi connectivity index (χ1n) is 4.02. The molecule has 72 valence electrons. The monoisotopic (exact) mass is 209 g/mol. The summed E-state index contributed by atoms with van der Waals surface area (Å²) in [6, 6.07) is 5.56. The Kier molecular flexibility index (Phi) is 2.13. The first kappa shape index (κ1) is 9.02. The molecule has 0 unspecified atom stereocenters. The summed E-state index contributed by atoms with van der Waals surface area (Å²) in [5.74, 6) is 0.379. The molecule has 2 N–H and O–H groups in total. The molecule has 14 heavy (non-hydrogen) atoms. The Bertz CT molecular complexity index is 467. The molecular weight excluding hydrogens is 202 g/mol. The van der Waals surface area contributed by atoms with E-state index in [2.05, 4.69) is 10.2 Å². The van der Waals surface area contributed by atoms with E-state index in [-0.39, 0.29) is 6.01 Å². The molecular formula is C9H8ClN3O. The van der Waals surface area contributed by atoms with Crippen LogP contribution in [0.2, 0.25) is 5.02 Å². The average Bonchev–Trinajstić information content (AvgIpc) is 2.57. The number of rotatable bonds is 1. The zero-order valence-electron chi connectivity index (χ0n) is 7.49. The normalized spacial score (nSPS) is 10.4. The molecule has 0 saturated heterocycles. The number of nitrogen functional groups attached to an aromatic ring is 1. The van der Waals surface area contributed by atoms with Gasteiger partial charge in [-0.25, -0.2) is 0 Å². The van der Waals surface area contributed by atoms with Gasteiger partial charge in [-0.3, -0.25) is 0 Å². The summed E-state index contributed by atoms with van der Waals surface area (Å²) >= 11 is 5.95. The minimum atomic E-state index is 0.0525. The van der Waals surface area contributed by atoms with Crippen molar-refractivity contribution in [2.75, 3.05) is 5.73 Å². The van der Waals surface area contributed by atoms with E-state index in [4.69, 9.17) is 21.8 Å². The Morgan fingerprint density at radius 2 is 2.14 bits per heavy atom. The molecule has 2 rings (SSSR count). The van der Waals surface area contributed by atoms with Crippen molar-refractivity contribution in [1.82, 2.24) is 10.2 Å². The van der Waals surface area contributed by atoms with Crippen LogP contribution in [0.4, 0.5) is 6.01 Å². The molecule has 1 aromatic carbocycles. The second-order valence-corrected chi connectivity index (χ2v) is 3.32. The third-order valence-corrected chi connectivity index (χ3v) is 2.27. The highest BCUT2D eigenvalue weighted by Crippen LogP contribution is 2.24. The SMILES string of the molecule is Cc1ccc(-c2nnc(N)o2)cc1Cl. The largest absolute Gasteiger partial charge is 0.404 e. The van der Waals surface area contributed by atoms with Crippen molar-refractivity contribution in [1.29, 1.82) is 0 Å². The smallest absolute Gasteiger partial charge is 0.313 e. The Balaban J connectivity index is 2.47. The van der Waals surface area contributed by atoms with Crippen molar-refractivity contribution < 1.29 is 4.42 Å². The van der Waals surface area contributed by atoms with E-state index in [0.717, 1.165) is 11.1 Å². The van der Waals surface area contributed by atoms with Gasteiger partial charge in [0.1, 0.15) is 0 Å². The predicted octanol–water partition coefficient (Wildman–Crippen LogP) is 2.28. The summed E-state index contributed by atoms with van der Waals surface area (Å²) in [5, 5.41) is 7.99. The standard InChI is InChI=1S/C9H8ClN3O/c1-5-2-3-6(4-7(5)10)8-12-13-9(11)14-8/h2-4H,1H3,(H2,11,13). The maximum Gasteiger partial charge on any atom is 0.313 e. The van der Waals surface area contributed by atoms with Crippen LogP contribution in [0.15, 0.2) is 22.6 Å². The van der Waals surface area contributed by atoms with Crippen LogP contribution < -0.4 is 5.73 Å². The maximum atomic E-state index is 5.95. The van der Waals surface area contributed by atoms with Crippen LogP contribution >= 0.6 is 11.6 Å². The van der Waals surface area contributed by atoms with Crippen LogP contribution in [-0.4, -0.2) is 10.2 Å². The van der Waals surface area contributed by atoms with Crippen LogP contribution in [0.5, 0.6) is 0 Å². The molecule has 0 aliphatic heterocycles. The zero-order valence-corrected chi connectivity index (χ0v) is 8.25. The van der Waals surface area contributed by atoms with Gasteiger partial charge in [0.15, 0.2) is 0 Å². The van der Waals surface area contributed by atoms with E-state index in [1.165, 1.54) is 0 Å². The predicted molar refractivity (Wildman–Crippen MR) is 53.9 cm³/mol. The molecule has 1 aromatic heterocycles. The fourth-order valence-corrected chi connectivity index (χ4v) is 1.26. The number of nitrogens with zero attached hydrogens (tertiary/aromatic N) is 2. The molecule has 2 aromatic rings. The van der Waals surface area contributed by atoms with Gasteiger partial charge in [-0.1, -0.05) is 22.8 Å². The fraction of sp³-hybridized carbons (Fsp3) is 0.111. The van der Waals surface area contributed by atoms with E-state index in [0.29, 0.717) is 10.9 Å². The van der Waals surface area contributed by atoms with Crippen LogP contribution in [-0.2, 0) is 0 Å². The van der Waals surface area contributed by atoms with E-state index >= 15 is 0 Å². The molecule has 4 nitrogen and oxygen atoms in total. The molecule has 0 aliphatic rings. The average molecular weight is 210 g/mol. The van der Waals surface area contributed by atoms with Crippen molar-refractivity contribution in [2.45, 2.75) is 6.92 Å². The second kappa shape index (κ2) is 3.31. The summed E-state index contributed by atoms with van der Waals surface area (Å²) in [6.45, 7) is 1.92. The summed E-state index contributed by atoms with van der Waals surface area (Å²) in [7, 11) is 0. The van der Waals surface area contributed by atoms with E-state index in [1.807, 2.05) is 19.1 Å². The van der Waals surface area contributed by atoms with Gasteiger partial charge in [0, 0.05) is 10.6 Å². The number of anilines is 1. The minimum Gasteiger partial charge on any atom is -0.404 e. The number of aryl methyl sites for hydroxylation is 1. The highest BCUT2D eigenvalue weighted by molar-refractivity contribution is 6.31. The number of benzene rings is 1. The lowest BCUT2D eigenvalue weighted by atomic mass is 10.1. The van der Waals surface area contributed by atoms with Crippen LogP contribution in [0.1, 0.15) is 5.56 Å². The number of halogens is 1. The number of nitrogens with two attached hydrogens (primary N) is 1. The van der Waals surface area contributed by atoms with Gasteiger partial charge in [0.2, 0.25) is 5.89 Å². The van der Waals surface area contributed by atoms with Gasteiger partial charge in [-0.05, 0) is 24.6 Å². The lowest BCUT2D eigenvalue weighted by molar-refractivity contribution is 0.590. The van der Waals surface area contributed by atoms with Crippen molar-refractivity contribution in [2.24, 2.45) is 0 Å². The Morgan fingerprint density at radius 3 is 2.71 bits per heavy atom. The first-order valence-corrected chi connectivity index (χ1v) is 4.40. The van der Waals surface area contributed by atoms with Crippen LogP contribution in [0.3, 0.4) is 0 Å². The van der Waals surface area contributed by atoms with Crippen molar-refractivity contribution in [3.63, 3.8) is 0 Å². The summed E-state index contributed by atoms with van der Waals surface area (Å²) in [5.41, 5.74) is 7.08. The molecule has 0 fully saturated rings. The number of hydrogen-bond donors (Lipinski definition) is 1. The van der Waals surface area contributed by atoms with E-state index in [1.54, 1.807) is 6.07 Å². The van der Waals surface area contributed by atoms with Crippen molar-refractivity contribution in [3.8, 4) is 11.5 Å².